The summed E-state index contributed by atoms with van der Waals surface area (Å²) in [6.07, 6.45) is 4.94. The summed E-state index contributed by atoms with van der Waals surface area (Å²) in [7, 11) is 1.50. The molecule has 1 fully saturated rings. The number of nitrogens with zero attached hydrogens (tertiary/aromatic N) is 2. The lowest BCUT2D eigenvalue weighted by atomic mass is 9.80. The molecular formula is C14H21N3O3. The van der Waals surface area contributed by atoms with Crippen LogP contribution >= 0.6 is 0 Å². The van der Waals surface area contributed by atoms with E-state index in [-0.39, 0.29) is 5.69 Å². The highest BCUT2D eigenvalue weighted by molar-refractivity contribution is 5.57. The first kappa shape index (κ1) is 14.6. The minimum atomic E-state index is -0.418. The smallest absolute Gasteiger partial charge is 0.311 e. The second-order valence-electron chi connectivity index (χ2n) is 5.38. The normalized spacial score (nSPS) is 22.3. The molecule has 1 aromatic heterocycles. The van der Waals surface area contributed by atoms with E-state index in [1.165, 1.54) is 44.9 Å². The molecule has 1 saturated carbocycles. The summed E-state index contributed by atoms with van der Waals surface area (Å²) in [5.41, 5.74) is -0.00531. The second kappa shape index (κ2) is 6.54. The van der Waals surface area contributed by atoms with Crippen LogP contribution in [-0.4, -0.2) is 23.6 Å². The molecular weight excluding hydrogens is 258 g/mol. The Morgan fingerprint density at radius 3 is 2.85 bits per heavy atom. The maximum atomic E-state index is 11.0. The van der Waals surface area contributed by atoms with E-state index in [0.29, 0.717) is 23.5 Å². The Balaban J connectivity index is 2.08. The van der Waals surface area contributed by atoms with Crippen LogP contribution in [-0.2, 0) is 0 Å². The molecule has 2 atom stereocenters. The van der Waals surface area contributed by atoms with Crippen molar-refractivity contribution in [1.82, 2.24) is 4.98 Å². The van der Waals surface area contributed by atoms with E-state index in [4.69, 9.17) is 4.74 Å². The molecule has 1 heterocycles. The molecule has 1 aliphatic carbocycles. The van der Waals surface area contributed by atoms with Crippen LogP contribution in [0.15, 0.2) is 12.1 Å². The van der Waals surface area contributed by atoms with Gasteiger partial charge in [0.05, 0.1) is 12.0 Å². The average molecular weight is 279 g/mol. The summed E-state index contributed by atoms with van der Waals surface area (Å²) in [4.78, 5) is 14.8. The first-order valence-corrected chi connectivity index (χ1v) is 7.05. The molecule has 0 bridgehead atoms. The largest absolute Gasteiger partial charge is 0.481 e. The number of nitro groups is 1. The van der Waals surface area contributed by atoms with E-state index in [1.807, 2.05) is 0 Å². The van der Waals surface area contributed by atoms with Crippen LogP contribution in [0.5, 0.6) is 5.88 Å². The lowest BCUT2D eigenvalue weighted by Gasteiger charge is -2.28. The summed E-state index contributed by atoms with van der Waals surface area (Å²) < 4.78 is 5.03. The van der Waals surface area contributed by atoms with Gasteiger partial charge in [0, 0.05) is 18.7 Å². The maximum absolute atomic E-state index is 11.0. The SMILES string of the molecule is COc1ccc([N+](=O)[O-])c(NCC2CCCCC2C)n1. The number of rotatable bonds is 5. The number of nitrogens with one attached hydrogen (secondary N) is 1. The molecule has 20 heavy (non-hydrogen) atoms. The van der Waals surface area contributed by atoms with E-state index in [1.54, 1.807) is 0 Å². The number of pyridine rings is 1. The van der Waals surface area contributed by atoms with Crippen LogP contribution in [0.3, 0.4) is 0 Å². The average Bonchev–Trinajstić information content (AvgIpc) is 2.46. The van der Waals surface area contributed by atoms with Crippen molar-refractivity contribution in [3.05, 3.63) is 22.2 Å². The van der Waals surface area contributed by atoms with Crippen LogP contribution in [0, 0.1) is 22.0 Å². The number of hydrogen-bond donors (Lipinski definition) is 1. The van der Waals surface area contributed by atoms with Gasteiger partial charge < -0.3 is 10.1 Å². The van der Waals surface area contributed by atoms with Gasteiger partial charge in [-0.2, -0.15) is 4.98 Å². The number of hydrogen-bond acceptors (Lipinski definition) is 5. The molecule has 0 radical (unpaired) electrons. The van der Waals surface area contributed by atoms with Crippen LogP contribution in [0.4, 0.5) is 11.5 Å². The third-order valence-corrected chi connectivity index (χ3v) is 4.08. The number of anilines is 1. The highest BCUT2D eigenvalue weighted by Crippen LogP contribution is 2.31. The Kier molecular flexibility index (Phi) is 4.76. The summed E-state index contributed by atoms with van der Waals surface area (Å²) in [5, 5.41) is 14.2. The van der Waals surface area contributed by atoms with Crippen LogP contribution in [0.2, 0.25) is 0 Å². The zero-order chi connectivity index (χ0) is 14.5. The summed E-state index contributed by atoms with van der Waals surface area (Å²) >= 11 is 0. The molecule has 2 rings (SSSR count). The van der Waals surface area contributed by atoms with Gasteiger partial charge in [0.15, 0.2) is 0 Å². The minimum absolute atomic E-state index is 0.00531. The monoisotopic (exact) mass is 279 g/mol. The van der Waals surface area contributed by atoms with Crippen molar-refractivity contribution in [3.8, 4) is 5.88 Å². The summed E-state index contributed by atoms with van der Waals surface area (Å²) in [6.45, 7) is 2.97. The molecule has 110 valence electrons. The molecule has 1 aromatic rings. The first-order valence-electron chi connectivity index (χ1n) is 7.05. The zero-order valence-electron chi connectivity index (χ0n) is 12.0. The molecule has 0 amide bonds. The van der Waals surface area contributed by atoms with Gasteiger partial charge in [-0.25, -0.2) is 0 Å². The van der Waals surface area contributed by atoms with Crippen LogP contribution in [0.25, 0.3) is 0 Å². The van der Waals surface area contributed by atoms with Crippen molar-refractivity contribution >= 4 is 11.5 Å². The van der Waals surface area contributed by atoms with E-state index in [0.717, 1.165) is 6.54 Å². The molecule has 0 aliphatic heterocycles. The number of ether oxygens (including phenoxy) is 1. The van der Waals surface area contributed by atoms with Gasteiger partial charge >= 0.3 is 5.69 Å². The predicted molar refractivity (Wildman–Crippen MR) is 77.1 cm³/mol. The van der Waals surface area contributed by atoms with E-state index in [2.05, 4.69) is 17.2 Å². The maximum Gasteiger partial charge on any atom is 0.311 e. The lowest BCUT2D eigenvalue weighted by Crippen LogP contribution is -2.25. The molecule has 1 N–H and O–H groups in total. The molecule has 6 heteroatoms. The number of methoxy groups -OCH3 is 1. The summed E-state index contributed by atoms with van der Waals surface area (Å²) in [6, 6.07) is 2.94. The Hall–Kier alpha value is -1.85. The van der Waals surface area contributed by atoms with Gasteiger partial charge in [0.1, 0.15) is 0 Å². The minimum Gasteiger partial charge on any atom is -0.481 e. The van der Waals surface area contributed by atoms with Crippen molar-refractivity contribution < 1.29 is 9.66 Å². The standard InChI is InChI=1S/C14H21N3O3/c1-10-5-3-4-6-11(10)9-15-14-12(17(18)19)7-8-13(16-14)20-2/h7-8,10-11H,3-6,9H2,1-2H3,(H,15,16). The van der Waals surface area contributed by atoms with Gasteiger partial charge in [-0.1, -0.05) is 26.2 Å². The van der Waals surface area contributed by atoms with E-state index in [9.17, 15) is 10.1 Å². The van der Waals surface area contributed by atoms with Gasteiger partial charge in [0.25, 0.3) is 0 Å². The molecule has 0 aromatic carbocycles. The van der Waals surface area contributed by atoms with E-state index < -0.39 is 4.92 Å². The van der Waals surface area contributed by atoms with Crippen molar-refractivity contribution in [2.45, 2.75) is 32.6 Å². The third kappa shape index (κ3) is 3.37. The van der Waals surface area contributed by atoms with E-state index >= 15 is 0 Å². The fraction of sp³-hybridized carbons (Fsp3) is 0.643. The Morgan fingerprint density at radius 1 is 1.45 bits per heavy atom. The Morgan fingerprint density at radius 2 is 2.20 bits per heavy atom. The predicted octanol–water partition coefficient (Wildman–Crippen LogP) is 3.24. The highest BCUT2D eigenvalue weighted by Gasteiger charge is 2.23. The zero-order valence-corrected chi connectivity index (χ0v) is 12.0. The molecule has 0 spiro atoms. The quantitative estimate of drug-likeness (QED) is 0.661. The van der Waals surface area contributed by atoms with Crippen molar-refractivity contribution in [3.63, 3.8) is 0 Å². The lowest BCUT2D eigenvalue weighted by molar-refractivity contribution is -0.384. The third-order valence-electron chi connectivity index (χ3n) is 4.08. The topological polar surface area (TPSA) is 77.3 Å². The second-order valence-corrected chi connectivity index (χ2v) is 5.38. The number of aromatic nitrogens is 1. The van der Waals surface area contributed by atoms with Crippen molar-refractivity contribution in [2.24, 2.45) is 11.8 Å². The fourth-order valence-corrected chi connectivity index (χ4v) is 2.75. The van der Waals surface area contributed by atoms with Gasteiger partial charge in [-0.15, -0.1) is 0 Å². The van der Waals surface area contributed by atoms with Gasteiger partial charge in [-0.3, -0.25) is 10.1 Å². The molecule has 0 saturated heterocycles. The molecule has 6 nitrogen and oxygen atoms in total. The van der Waals surface area contributed by atoms with Gasteiger partial charge in [0.2, 0.25) is 11.7 Å². The first-order chi connectivity index (χ1) is 9.61. The Bertz CT molecular complexity index is 479. The van der Waals surface area contributed by atoms with Crippen molar-refractivity contribution in [1.29, 1.82) is 0 Å². The molecule has 1 aliphatic rings. The Labute approximate surface area is 118 Å². The van der Waals surface area contributed by atoms with Gasteiger partial charge in [-0.05, 0) is 18.3 Å². The van der Waals surface area contributed by atoms with Crippen LogP contribution in [0.1, 0.15) is 32.6 Å². The highest BCUT2D eigenvalue weighted by atomic mass is 16.6. The fourth-order valence-electron chi connectivity index (χ4n) is 2.75. The summed E-state index contributed by atoms with van der Waals surface area (Å²) in [5.74, 6) is 1.89. The molecule has 2 unspecified atom stereocenters. The van der Waals surface area contributed by atoms with Crippen molar-refractivity contribution in [2.75, 3.05) is 19.0 Å². The van der Waals surface area contributed by atoms with Crippen LogP contribution < -0.4 is 10.1 Å².